The van der Waals surface area contributed by atoms with Gasteiger partial charge in [0.1, 0.15) is 0 Å². The highest BCUT2D eigenvalue weighted by Gasteiger charge is 2.20. The second-order valence-electron chi connectivity index (χ2n) is 5.40. The average Bonchev–Trinajstić information content (AvgIpc) is 2.99. The molecule has 6 nitrogen and oxygen atoms in total. The van der Waals surface area contributed by atoms with E-state index in [-0.39, 0.29) is 0 Å². The van der Waals surface area contributed by atoms with Gasteiger partial charge in [-0.2, -0.15) is 9.61 Å². The van der Waals surface area contributed by atoms with Gasteiger partial charge in [-0.1, -0.05) is 30.3 Å². The van der Waals surface area contributed by atoms with Gasteiger partial charge in [-0.15, -0.1) is 10.2 Å². The first-order valence-corrected chi connectivity index (χ1v) is 7.44. The molecule has 0 amide bonds. The normalized spacial score (nSPS) is 15.4. The third kappa shape index (κ3) is 2.21. The number of ether oxygens (including phenoxy) is 1. The number of nitrogens with zero attached hydrogens (tertiary/aromatic N) is 5. The topological polar surface area (TPSA) is 55.5 Å². The number of morpholine rings is 1. The van der Waals surface area contributed by atoms with Crippen LogP contribution in [0, 0.1) is 6.92 Å². The molecule has 0 atom stereocenters. The van der Waals surface area contributed by atoms with Crippen molar-refractivity contribution in [3.63, 3.8) is 0 Å². The van der Waals surface area contributed by atoms with Crippen LogP contribution in [0.1, 0.15) is 5.69 Å². The molecular formula is C16H17N5O. The van der Waals surface area contributed by atoms with Gasteiger partial charge in [0.2, 0.25) is 5.95 Å². The second kappa shape index (κ2) is 5.38. The van der Waals surface area contributed by atoms with Crippen molar-refractivity contribution < 1.29 is 4.74 Å². The minimum absolute atomic E-state index is 0.715. The van der Waals surface area contributed by atoms with E-state index in [4.69, 9.17) is 4.74 Å². The minimum atomic E-state index is 0.715. The Kier molecular flexibility index (Phi) is 3.23. The van der Waals surface area contributed by atoms with Crippen LogP contribution in [0.3, 0.4) is 0 Å². The molecule has 1 aromatic carbocycles. The molecule has 3 heterocycles. The third-order valence-electron chi connectivity index (χ3n) is 3.85. The molecule has 0 radical (unpaired) electrons. The Morgan fingerprint density at radius 3 is 2.59 bits per heavy atom. The number of anilines is 1. The fourth-order valence-electron chi connectivity index (χ4n) is 2.78. The van der Waals surface area contributed by atoms with Crippen LogP contribution in [0.2, 0.25) is 0 Å². The molecule has 3 aromatic rings. The van der Waals surface area contributed by atoms with Crippen LogP contribution in [-0.4, -0.2) is 46.1 Å². The molecule has 112 valence electrons. The Bertz CT molecular complexity index is 793. The Balaban J connectivity index is 1.87. The molecular weight excluding hydrogens is 278 g/mol. The quantitative estimate of drug-likeness (QED) is 0.723. The van der Waals surface area contributed by atoms with Crippen LogP contribution in [0.25, 0.3) is 16.8 Å². The summed E-state index contributed by atoms with van der Waals surface area (Å²) in [7, 11) is 0. The van der Waals surface area contributed by atoms with E-state index in [2.05, 4.69) is 38.4 Å². The highest BCUT2D eigenvalue weighted by molar-refractivity contribution is 5.78. The predicted octanol–water partition coefficient (Wildman–Crippen LogP) is 1.94. The predicted molar refractivity (Wildman–Crippen MR) is 84.0 cm³/mol. The van der Waals surface area contributed by atoms with Gasteiger partial charge in [-0.25, -0.2) is 0 Å². The smallest absolute Gasteiger partial charge is 0.248 e. The standard InChI is InChI=1S/C16H17N5O/c1-12-11-14(13-5-3-2-4-6-13)15-17-18-16(21(15)19-12)20-7-9-22-10-8-20/h2-6,11H,7-10H2,1H3. The lowest BCUT2D eigenvalue weighted by atomic mass is 10.1. The summed E-state index contributed by atoms with van der Waals surface area (Å²) in [6.07, 6.45) is 0. The molecule has 1 fully saturated rings. The largest absolute Gasteiger partial charge is 0.378 e. The lowest BCUT2D eigenvalue weighted by molar-refractivity contribution is 0.122. The van der Waals surface area contributed by atoms with Gasteiger partial charge in [-0.3, -0.25) is 0 Å². The second-order valence-corrected chi connectivity index (χ2v) is 5.40. The van der Waals surface area contributed by atoms with Gasteiger partial charge in [0.15, 0.2) is 5.65 Å². The van der Waals surface area contributed by atoms with E-state index in [0.717, 1.165) is 41.5 Å². The maximum absolute atomic E-state index is 5.41. The molecule has 6 heteroatoms. The Labute approximate surface area is 128 Å². The van der Waals surface area contributed by atoms with Gasteiger partial charge in [0.05, 0.1) is 18.9 Å². The molecule has 22 heavy (non-hydrogen) atoms. The van der Waals surface area contributed by atoms with Crippen LogP contribution >= 0.6 is 0 Å². The minimum Gasteiger partial charge on any atom is -0.378 e. The molecule has 0 spiro atoms. The van der Waals surface area contributed by atoms with Crippen molar-refractivity contribution in [2.24, 2.45) is 0 Å². The highest BCUT2D eigenvalue weighted by Crippen LogP contribution is 2.26. The summed E-state index contributed by atoms with van der Waals surface area (Å²) in [6.45, 7) is 5.06. The fourth-order valence-corrected chi connectivity index (χ4v) is 2.78. The molecule has 0 bridgehead atoms. The number of hydrogen-bond donors (Lipinski definition) is 0. The van der Waals surface area contributed by atoms with Gasteiger partial charge in [0.25, 0.3) is 0 Å². The third-order valence-corrected chi connectivity index (χ3v) is 3.85. The zero-order valence-corrected chi connectivity index (χ0v) is 12.4. The maximum atomic E-state index is 5.41. The van der Waals surface area contributed by atoms with Gasteiger partial charge < -0.3 is 9.64 Å². The first kappa shape index (κ1) is 13.2. The van der Waals surface area contributed by atoms with Gasteiger partial charge in [0, 0.05) is 18.7 Å². The van der Waals surface area contributed by atoms with Crippen LogP contribution in [0.4, 0.5) is 5.95 Å². The lowest BCUT2D eigenvalue weighted by Gasteiger charge is -2.26. The number of aromatic nitrogens is 4. The van der Waals surface area contributed by atoms with Crippen molar-refractivity contribution in [2.45, 2.75) is 6.92 Å². The Hall–Kier alpha value is -2.47. The first-order valence-electron chi connectivity index (χ1n) is 7.44. The Morgan fingerprint density at radius 1 is 1.05 bits per heavy atom. The summed E-state index contributed by atoms with van der Waals surface area (Å²) in [6, 6.07) is 12.3. The molecule has 0 saturated carbocycles. The van der Waals surface area contributed by atoms with E-state index in [1.54, 1.807) is 0 Å². The van der Waals surface area contributed by atoms with Crippen molar-refractivity contribution in [1.29, 1.82) is 0 Å². The van der Waals surface area contributed by atoms with Crippen molar-refractivity contribution in [1.82, 2.24) is 19.8 Å². The van der Waals surface area contributed by atoms with Crippen molar-refractivity contribution in [3.05, 3.63) is 42.1 Å². The van der Waals surface area contributed by atoms with E-state index < -0.39 is 0 Å². The fraction of sp³-hybridized carbons (Fsp3) is 0.312. The Morgan fingerprint density at radius 2 is 1.82 bits per heavy atom. The van der Waals surface area contributed by atoms with E-state index in [1.165, 1.54) is 0 Å². The molecule has 4 rings (SSSR count). The first-order chi connectivity index (χ1) is 10.8. The number of fused-ring (bicyclic) bond motifs is 1. The summed E-state index contributed by atoms with van der Waals surface area (Å²) < 4.78 is 7.26. The summed E-state index contributed by atoms with van der Waals surface area (Å²) in [5.74, 6) is 0.791. The monoisotopic (exact) mass is 295 g/mol. The zero-order valence-electron chi connectivity index (χ0n) is 12.4. The van der Waals surface area contributed by atoms with Crippen molar-refractivity contribution in [2.75, 3.05) is 31.2 Å². The lowest BCUT2D eigenvalue weighted by Crippen LogP contribution is -2.37. The van der Waals surface area contributed by atoms with E-state index >= 15 is 0 Å². The summed E-state index contributed by atoms with van der Waals surface area (Å²) in [4.78, 5) is 2.17. The van der Waals surface area contributed by atoms with Crippen LogP contribution < -0.4 is 4.90 Å². The van der Waals surface area contributed by atoms with E-state index in [1.807, 2.05) is 29.6 Å². The summed E-state index contributed by atoms with van der Waals surface area (Å²) in [5.41, 5.74) is 3.91. The van der Waals surface area contributed by atoms with E-state index in [0.29, 0.717) is 13.2 Å². The summed E-state index contributed by atoms with van der Waals surface area (Å²) in [5, 5.41) is 13.4. The van der Waals surface area contributed by atoms with Crippen LogP contribution in [0.5, 0.6) is 0 Å². The molecule has 1 saturated heterocycles. The summed E-state index contributed by atoms with van der Waals surface area (Å²) >= 11 is 0. The highest BCUT2D eigenvalue weighted by atomic mass is 16.5. The van der Waals surface area contributed by atoms with Crippen LogP contribution in [0.15, 0.2) is 36.4 Å². The zero-order chi connectivity index (χ0) is 14.9. The average molecular weight is 295 g/mol. The number of aryl methyl sites for hydroxylation is 1. The van der Waals surface area contributed by atoms with Gasteiger partial charge in [-0.05, 0) is 18.6 Å². The number of hydrogen-bond acceptors (Lipinski definition) is 5. The van der Waals surface area contributed by atoms with Crippen LogP contribution in [-0.2, 0) is 4.74 Å². The maximum Gasteiger partial charge on any atom is 0.248 e. The number of rotatable bonds is 2. The van der Waals surface area contributed by atoms with Gasteiger partial charge >= 0.3 is 0 Å². The molecule has 1 aliphatic rings. The molecule has 0 aliphatic carbocycles. The van der Waals surface area contributed by atoms with Crippen molar-refractivity contribution in [3.8, 4) is 11.1 Å². The molecule has 1 aliphatic heterocycles. The van der Waals surface area contributed by atoms with E-state index in [9.17, 15) is 0 Å². The SMILES string of the molecule is Cc1cc(-c2ccccc2)c2nnc(N3CCOCC3)n2n1. The molecule has 2 aromatic heterocycles. The van der Waals surface area contributed by atoms with Crippen molar-refractivity contribution >= 4 is 11.6 Å². The number of benzene rings is 1. The molecule has 0 N–H and O–H groups in total. The molecule has 0 unspecified atom stereocenters.